The largest absolute Gasteiger partial charge is 0.364 e. The third-order valence-corrected chi connectivity index (χ3v) is 2.79. The molecule has 1 aromatic carbocycles. The summed E-state index contributed by atoms with van der Waals surface area (Å²) in [6.45, 7) is 0. The lowest BCUT2D eigenvalue weighted by Crippen LogP contribution is -1.97. The predicted molar refractivity (Wildman–Crippen MR) is 64.2 cm³/mol. The van der Waals surface area contributed by atoms with Crippen molar-refractivity contribution in [1.82, 2.24) is 9.97 Å². The number of hydrogen-bond donors (Lipinski definition) is 2. The summed E-state index contributed by atoms with van der Waals surface area (Å²) >= 11 is 0. The van der Waals surface area contributed by atoms with Crippen molar-refractivity contribution in [3.8, 4) is 0 Å². The molecular formula is C13H10N2O2. The van der Waals surface area contributed by atoms with Crippen LogP contribution >= 0.6 is 0 Å². The first-order valence-corrected chi connectivity index (χ1v) is 5.26. The molecule has 4 heteroatoms. The second-order valence-corrected chi connectivity index (χ2v) is 3.81. The van der Waals surface area contributed by atoms with Crippen LogP contribution in [0, 0.1) is 0 Å². The fourth-order valence-electron chi connectivity index (χ4n) is 2.00. The highest BCUT2D eigenvalue weighted by Gasteiger charge is 2.10. The predicted octanol–water partition coefficient (Wildman–Crippen LogP) is 1.77. The molecule has 0 bridgehead atoms. The SMILES string of the molecule is OC(O)c1ccnc2c1ccc1cccnc12. The van der Waals surface area contributed by atoms with Gasteiger partial charge in [-0.05, 0) is 12.1 Å². The number of rotatable bonds is 1. The second kappa shape index (κ2) is 3.76. The zero-order chi connectivity index (χ0) is 11.8. The van der Waals surface area contributed by atoms with Crippen LogP contribution in [0.4, 0.5) is 0 Å². The summed E-state index contributed by atoms with van der Waals surface area (Å²) in [4.78, 5) is 8.55. The van der Waals surface area contributed by atoms with Crippen molar-refractivity contribution in [2.75, 3.05) is 0 Å². The first-order valence-electron chi connectivity index (χ1n) is 5.26. The van der Waals surface area contributed by atoms with Crippen molar-refractivity contribution in [2.45, 2.75) is 6.29 Å². The first kappa shape index (κ1) is 10.1. The highest BCUT2D eigenvalue weighted by molar-refractivity contribution is 6.03. The molecule has 0 spiro atoms. The van der Waals surface area contributed by atoms with E-state index in [-0.39, 0.29) is 0 Å². The Labute approximate surface area is 97.2 Å². The second-order valence-electron chi connectivity index (χ2n) is 3.81. The van der Waals surface area contributed by atoms with Gasteiger partial charge in [-0.15, -0.1) is 0 Å². The van der Waals surface area contributed by atoms with Crippen molar-refractivity contribution in [3.63, 3.8) is 0 Å². The maximum atomic E-state index is 9.30. The van der Waals surface area contributed by atoms with Gasteiger partial charge in [0, 0.05) is 28.7 Å². The van der Waals surface area contributed by atoms with Crippen LogP contribution in [0.5, 0.6) is 0 Å². The molecule has 0 aliphatic heterocycles. The van der Waals surface area contributed by atoms with E-state index in [0.717, 1.165) is 10.9 Å². The number of aliphatic hydroxyl groups is 2. The Balaban J connectivity index is 2.48. The molecule has 0 aliphatic carbocycles. The van der Waals surface area contributed by atoms with Gasteiger partial charge in [0.25, 0.3) is 0 Å². The van der Waals surface area contributed by atoms with E-state index in [2.05, 4.69) is 9.97 Å². The van der Waals surface area contributed by atoms with E-state index in [1.54, 1.807) is 18.5 Å². The normalized spacial score (nSPS) is 11.5. The van der Waals surface area contributed by atoms with Crippen molar-refractivity contribution in [3.05, 3.63) is 48.3 Å². The molecule has 84 valence electrons. The van der Waals surface area contributed by atoms with E-state index in [4.69, 9.17) is 0 Å². The van der Waals surface area contributed by atoms with Crippen LogP contribution in [-0.4, -0.2) is 20.2 Å². The summed E-state index contributed by atoms with van der Waals surface area (Å²) in [6.07, 6.45) is 1.76. The molecule has 0 radical (unpaired) electrons. The van der Waals surface area contributed by atoms with Crippen molar-refractivity contribution in [1.29, 1.82) is 0 Å². The van der Waals surface area contributed by atoms with Gasteiger partial charge >= 0.3 is 0 Å². The fraction of sp³-hybridized carbons (Fsp3) is 0.0769. The fourth-order valence-corrected chi connectivity index (χ4v) is 2.00. The smallest absolute Gasteiger partial charge is 0.179 e. The van der Waals surface area contributed by atoms with Gasteiger partial charge in [0.05, 0.1) is 11.0 Å². The summed E-state index contributed by atoms with van der Waals surface area (Å²) in [5, 5.41) is 20.3. The van der Waals surface area contributed by atoms with Crippen molar-refractivity contribution >= 4 is 21.8 Å². The highest BCUT2D eigenvalue weighted by Crippen LogP contribution is 2.26. The van der Waals surface area contributed by atoms with Gasteiger partial charge in [0.15, 0.2) is 6.29 Å². The van der Waals surface area contributed by atoms with Gasteiger partial charge in [0.1, 0.15) is 0 Å². The third-order valence-electron chi connectivity index (χ3n) is 2.79. The van der Waals surface area contributed by atoms with Crippen LogP contribution in [0.1, 0.15) is 11.9 Å². The first-order chi connectivity index (χ1) is 8.27. The summed E-state index contributed by atoms with van der Waals surface area (Å²) in [5.41, 5.74) is 1.91. The van der Waals surface area contributed by atoms with Gasteiger partial charge in [0.2, 0.25) is 0 Å². The topological polar surface area (TPSA) is 66.2 Å². The molecular weight excluding hydrogens is 216 g/mol. The van der Waals surface area contributed by atoms with E-state index >= 15 is 0 Å². The van der Waals surface area contributed by atoms with Crippen LogP contribution in [0.15, 0.2) is 42.7 Å². The summed E-state index contributed by atoms with van der Waals surface area (Å²) < 4.78 is 0. The molecule has 0 amide bonds. The number of aromatic nitrogens is 2. The molecule has 0 fully saturated rings. The Bertz CT molecular complexity index is 695. The van der Waals surface area contributed by atoms with E-state index in [1.165, 1.54) is 0 Å². The van der Waals surface area contributed by atoms with E-state index in [9.17, 15) is 10.2 Å². The van der Waals surface area contributed by atoms with Crippen LogP contribution < -0.4 is 0 Å². The lowest BCUT2D eigenvalue weighted by Gasteiger charge is -2.08. The Morgan fingerprint density at radius 1 is 0.882 bits per heavy atom. The van der Waals surface area contributed by atoms with Gasteiger partial charge in [-0.3, -0.25) is 9.97 Å². The lowest BCUT2D eigenvalue weighted by molar-refractivity contribution is -0.0413. The van der Waals surface area contributed by atoms with Crippen molar-refractivity contribution < 1.29 is 10.2 Å². The molecule has 17 heavy (non-hydrogen) atoms. The zero-order valence-corrected chi connectivity index (χ0v) is 8.91. The molecule has 0 atom stereocenters. The maximum absolute atomic E-state index is 9.30. The molecule has 0 aliphatic rings. The minimum absolute atomic E-state index is 0.447. The molecule has 4 nitrogen and oxygen atoms in total. The van der Waals surface area contributed by atoms with Crippen LogP contribution in [0.3, 0.4) is 0 Å². The van der Waals surface area contributed by atoms with Gasteiger partial charge in [-0.1, -0.05) is 18.2 Å². The maximum Gasteiger partial charge on any atom is 0.179 e. The molecule has 3 rings (SSSR count). The minimum atomic E-state index is -1.50. The highest BCUT2D eigenvalue weighted by atomic mass is 16.5. The van der Waals surface area contributed by atoms with Gasteiger partial charge < -0.3 is 10.2 Å². The Hall–Kier alpha value is -2.04. The summed E-state index contributed by atoms with van der Waals surface area (Å²) in [5.74, 6) is 0. The Kier molecular flexibility index (Phi) is 2.24. The quantitative estimate of drug-likeness (QED) is 0.490. The standard InChI is InChI=1S/C13H10N2O2/c16-13(17)10-5-7-15-12-9(10)4-3-8-2-1-6-14-11(8)12/h1-7,13,16-17H. The molecule has 0 saturated carbocycles. The van der Waals surface area contributed by atoms with E-state index < -0.39 is 6.29 Å². The zero-order valence-electron chi connectivity index (χ0n) is 8.91. The van der Waals surface area contributed by atoms with Crippen LogP contribution in [0.25, 0.3) is 21.8 Å². The summed E-state index contributed by atoms with van der Waals surface area (Å²) in [7, 11) is 0. The van der Waals surface area contributed by atoms with Gasteiger partial charge in [-0.2, -0.15) is 0 Å². The number of hydrogen-bond acceptors (Lipinski definition) is 4. The Morgan fingerprint density at radius 3 is 2.53 bits per heavy atom. The molecule has 3 aromatic rings. The molecule has 2 N–H and O–H groups in total. The average Bonchev–Trinajstić information content (AvgIpc) is 2.37. The number of pyridine rings is 2. The van der Waals surface area contributed by atoms with Crippen LogP contribution in [-0.2, 0) is 0 Å². The number of aliphatic hydroxyl groups excluding tert-OH is 1. The number of nitrogens with zero attached hydrogens (tertiary/aromatic N) is 2. The van der Waals surface area contributed by atoms with Crippen molar-refractivity contribution in [2.24, 2.45) is 0 Å². The number of fused-ring (bicyclic) bond motifs is 3. The van der Waals surface area contributed by atoms with E-state index in [1.807, 2.05) is 24.3 Å². The minimum Gasteiger partial charge on any atom is -0.364 e. The molecule has 0 saturated heterocycles. The molecule has 0 unspecified atom stereocenters. The Morgan fingerprint density at radius 2 is 1.71 bits per heavy atom. The summed E-state index contributed by atoms with van der Waals surface area (Å²) in [6, 6.07) is 9.14. The van der Waals surface area contributed by atoms with E-state index in [0.29, 0.717) is 16.5 Å². The molecule has 2 aromatic heterocycles. The van der Waals surface area contributed by atoms with Crippen LogP contribution in [0.2, 0.25) is 0 Å². The lowest BCUT2D eigenvalue weighted by atomic mass is 10.1. The monoisotopic (exact) mass is 226 g/mol. The average molecular weight is 226 g/mol. The molecule has 2 heterocycles. The third kappa shape index (κ3) is 1.54. The van der Waals surface area contributed by atoms with Gasteiger partial charge in [-0.25, -0.2) is 0 Å². The number of benzene rings is 1.